The van der Waals surface area contributed by atoms with E-state index in [-0.39, 0.29) is 18.2 Å². The average Bonchev–Trinajstić information content (AvgIpc) is 2.54. The van der Waals surface area contributed by atoms with Crippen LogP contribution in [0.5, 0.6) is 0 Å². The molecule has 15 heavy (non-hydrogen) atoms. The topological polar surface area (TPSA) is 70.8 Å². The fourth-order valence-corrected chi connectivity index (χ4v) is 2.10. The minimum Gasteiger partial charge on any atom is -0.468 e. The van der Waals surface area contributed by atoms with E-state index in [2.05, 4.69) is 4.74 Å². The first-order chi connectivity index (χ1) is 7.14. The van der Waals surface area contributed by atoms with Crippen LogP contribution in [0.3, 0.4) is 0 Å². The van der Waals surface area contributed by atoms with Crippen LogP contribution in [0.1, 0.15) is 19.3 Å². The lowest BCUT2D eigenvalue weighted by atomic mass is 10.00. The summed E-state index contributed by atoms with van der Waals surface area (Å²) in [7, 11) is 1.37. The second-order valence-corrected chi connectivity index (χ2v) is 4.31. The van der Waals surface area contributed by atoms with Gasteiger partial charge in [-0.15, -0.1) is 0 Å². The van der Waals surface area contributed by atoms with Crippen molar-refractivity contribution in [2.24, 2.45) is 5.73 Å². The van der Waals surface area contributed by atoms with Crippen molar-refractivity contribution in [3.63, 3.8) is 0 Å². The molecule has 0 spiro atoms. The molecule has 0 aromatic heterocycles. The van der Waals surface area contributed by atoms with Gasteiger partial charge in [-0.2, -0.15) is 0 Å². The molecule has 2 unspecified atom stereocenters. The third kappa shape index (κ3) is 2.14. The Hall–Kier alpha value is -0.650. The Bertz CT molecular complexity index is 254. The highest BCUT2D eigenvalue weighted by atomic mass is 16.6. The largest absolute Gasteiger partial charge is 0.468 e. The molecule has 0 bridgehead atoms. The third-order valence-corrected chi connectivity index (χ3v) is 3.09. The van der Waals surface area contributed by atoms with E-state index in [1.165, 1.54) is 7.11 Å². The summed E-state index contributed by atoms with van der Waals surface area (Å²) in [6.45, 7) is 1.32. The van der Waals surface area contributed by atoms with Crippen molar-refractivity contribution < 1.29 is 19.0 Å². The molecule has 1 aliphatic carbocycles. The first-order valence-electron chi connectivity index (χ1n) is 5.24. The second kappa shape index (κ2) is 4.08. The fraction of sp³-hybridized carbons (Fsp3) is 0.900. The summed E-state index contributed by atoms with van der Waals surface area (Å²) in [6.07, 6.45) is 2.27. The maximum Gasteiger partial charge on any atom is 0.325 e. The third-order valence-electron chi connectivity index (χ3n) is 3.09. The highest BCUT2D eigenvalue weighted by molar-refractivity contribution is 5.80. The number of ether oxygens (including phenoxy) is 3. The smallest absolute Gasteiger partial charge is 0.325 e. The van der Waals surface area contributed by atoms with Gasteiger partial charge >= 0.3 is 5.97 Å². The summed E-state index contributed by atoms with van der Waals surface area (Å²) in [5.74, 6) is -0.335. The van der Waals surface area contributed by atoms with Gasteiger partial charge in [0.25, 0.3) is 0 Å². The molecule has 1 saturated carbocycles. The molecule has 0 aromatic rings. The Balaban J connectivity index is 1.84. The lowest BCUT2D eigenvalue weighted by Gasteiger charge is -2.29. The van der Waals surface area contributed by atoms with Crippen molar-refractivity contribution in [1.29, 1.82) is 0 Å². The molecular weight excluding hydrogens is 198 g/mol. The molecular formula is C10H17NO4. The van der Waals surface area contributed by atoms with E-state index in [4.69, 9.17) is 15.2 Å². The zero-order valence-corrected chi connectivity index (χ0v) is 8.90. The second-order valence-electron chi connectivity index (χ2n) is 4.31. The van der Waals surface area contributed by atoms with Crippen molar-refractivity contribution >= 4 is 5.97 Å². The van der Waals surface area contributed by atoms with E-state index in [9.17, 15) is 4.79 Å². The fourth-order valence-electron chi connectivity index (χ4n) is 2.10. The quantitative estimate of drug-likeness (QED) is 0.661. The highest BCUT2D eigenvalue weighted by Gasteiger charge is 2.44. The molecule has 1 saturated heterocycles. The van der Waals surface area contributed by atoms with Gasteiger partial charge in [0.2, 0.25) is 0 Å². The number of hydrogen-bond acceptors (Lipinski definition) is 5. The van der Waals surface area contributed by atoms with Crippen molar-refractivity contribution in [2.75, 3.05) is 20.3 Å². The van der Waals surface area contributed by atoms with Crippen molar-refractivity contribution in [2.45, 2.75) is 37.0 Å². The lowest BCUT2D eigenvalue weighted by molar-refractivity contribution is -0.157. The number of nitrogens with two attached hydrogens (primary N) is 1. The first-order valence-corrected chi connectivity index (χ1v) is 5.24. The van der Waals surface area contributed by atoms with Gasteiger partial charge < -0.3 is 19.9 Å². The molecule has 86 valence electrons. The Morgan fingerprint density at radius 1 is 1.47 bits per heavy atom. The van der Waals surface area contributed by atoms with Gasteiger partial charge in [0.15, 0.2) is 0 Å². The van der Waals surface area contributed by atoms with Crippen LogP contribution in [0.25, 0.3) is 0 Å². The molecule has 0 aromatic carbocycles. The van der Waals surface area contributed by atoms with E-state index >= 15 is 0 Å². The SMILES string of the molecule is COC(=O)C1(N)CCC(OC2COC2)C1. The number of esters is 1. The summed E-state index contributed by atoms with van der Waals surface area (Å²) in [6, 6.07) is 0. The zero-order chi connectivity index (χ0) is 10.9. The Morgan fingerprint density at radius 2 is 2.20 bits per heavy atom. The van der Waals surface area contributed by atoms with Gasteiger partial charge in [-0.05, 0) is 12.8 Å². The van der Waals surface area contributed by atoms with Gasteiger partial charge in [-0.1, -0.05) is 0 Å². The Kier molecular flexibility index (Phi) is 2.95. The van der Waals surface area contributed by atoms with Crippen LogP contribution in [-0.2, 0) is 19.0 Å². The molecule has 2 fully saturated rings. The summed E-state index contributed by atoms with van der Waals surface area (Å²) < 4.78 is 15.4. The van der Waals surface area contributed by atoms with Crippen LogP contribution < -0.4 is 5.73 Å². The van der Waals surface area contributed by atoms with E-state index in [1.807, 2.05) is 0 Å². The van der Waals surface area contributed by atoms with Crippen LogP contribution in [0.4, 0.5) is 0 Å². The number of methoxy groups -OCH3 is 1. The molecule has 5 heteroatoms. The van der Waals surface area contributed by atoms with Gasteiger partial charge in [0.1, 0.15) is 11.6 Å². The molecule has 2 rings (SSSR count). The minimum absolute atomic E-state index is 0.0722. The molecule has 1 aliphatic heterocycles. The lowest BCUT2D eigenvalue weighted by Crippen LogP contribution is -2.47. The summed E-state index contributed by atoms with van der Waals surface area (Å²) >= 11 is 0. The number of hydrogen-bond donors (Lipinski definition) is 1. The predicted octanol–water partition coefficient (Wildman–Crippen LogP) is -0.175. The maximum absolute atomic E-state index is 11.4. The number of carbonyl (C=O) groups excluding carboxylic acids is 1. The van der Waals surface area contributed by atoms with Crippen LogP contribution in [0.2, 0.25) is 0 Å². The van der Waals surface area contributed by atoms with Gasteiger partial charge in [0, 0.05) is 6.42 Å². The van der Waals surface area contributed by atoms with E-state index in [0.717, 1.165) is 6.42 Å². The molecule has 1 heterocycles. The predicted molar refractivity (Wildman–Crippen MR) is 52.3 cm³/mol. The average molecular weight is 215 g/mol. The van der Waals surface area contributed by atoms with Crippen LogP contribution in [0.15, 0.2) is 0 Å². The van der Waals surface area contributed by atoms with Gasteiger partial charge in [-0.3, -0.25) is 4.79 Å². The molecule has 2 N–H and O–H groups in total. The van der Waals surface area contributed by atoms with E-state index in [1.54, 1.807) is 0 Å². The molecule has 2 aliphatic rings. The summed E-state index contributed by atoms with van der Waals surface area (Å²) in [5, 5.41) is 0. The Morgan fingerprint density at radius 3 is 2.73 bits per heavy atom. The van der Waals surface area contributed by atoms with Gasteiger partial charge in [-0.25, -0.2) is 0 Å². The van der Waals surface area contributed by atoms with Crippen LogP contribution in [0, 0.1) is 0 Å². The molecule has 0 amide bonds. The van der Waals surface area contributed by atoms with Crippen molar-refractivity contribution in [3.05, 3.63) is 0 Å². The first kappa shape index (κ1) is 10.9. The van der Waals surface area contributed by atoms with Crippen LogP contribution in [-0.4, -0.2) is 44.0 Å². The van der Waals surface area contributed by atoms with Crippen molar-refractivity contribution in [1.82, 2.24) is 0 Å². The molecule has 5 nitrogen and oxygen atoms in total. The number of rotatable bonds is 3. The minimum atomic E-state index is -0.843. The van der Waals surface area contributed by atoms with E-state index < -0.39 is 5.54 Å². The van der Waals surface area contributed by atoms with Crippen molar-refractivity contribution in [3.8, 4) is 0 Å². The van der Waals surface area contributed by atoms with Crippen LogP contribution >= 0.6 is 0 Å². The highest BCUT2D eigenvalue weighted by Crippen LogP contribution is 2.32. The maximum atomic E-state index is 11.4. The summed E-state index contributed by atoms with van der Waals surface area (Å²) in [4.78, 5) is 11.4. The monoisotopic (exact) mass is 215 g/mol. The number of carbonyl (C=O) groups is 1. The van der Waals surface area contributed by atoms with Gasteiger partial charge in [0.05, 0.1) is 26.4 Å². The molecule has 2 atom stereocenters. The zero-order valence-electron chi connectivity index (χ0n) is 8.90. The standard InChI is InChI=1S/C10H17NO4/c1-13-9(12)10(11)3-2-7(4-10)15-8-5-14-6-8/h7-8H,2-6,11H2,1H3. The Labute approximate surface area is 88.9 Å². The molecule has 0 radical (unpaired) electrons. The summed E-state index contributed by atoms with van der Waals surface area (Å²) in [5.41, 5.74) is 5.11. The van der Waals surface area contributed by atoms with E-state index in [0.29, 0.717) is 26.1 Å². The normalized spacial score (nSPS) is 36.3.